The van der Waals surface area contributed by atoms with E-state index in [1.807, 2.05) is 6.07 Å². The van der Waals surface area contributed by atoms with Gasteiger partial charge in [-0.1, -0.05) is 18.2 Å². The standard InChI is InChI=1S/C19H17NO3/c1-3-5-17-18(13(2)21)9-16(22)10-19(17)23-12-15-7-4-6-14(8-15)11-20/h3-4,6-10,22H,1,5,12H2,2H3. The molecule has 0 aliphatic heterocycles. The molecule has 2 aromatic carbocycles. The maximum atomic E-state index is 11.8. The Morgan fingerprint density at radius 2 is 2.17 bits per heavy atom. The molecule has 0 heterocycles. The fraction of sp³-hybridized carbons (Fsp3) is 0.158. The molecule has 0 aliphatic carbocycles. The van der Waals surface area contributed by atoms with E-state index in [-0.39, 0.29) is 18.1 Å². The number of carbonyl (C=O) groups excluding carboxylic acids is 1. The zero-order chi connectivity index (χ0) is 16.8. The summed E-state index contributed by atoms with van der Waals surface area (Å²) in [6, 6.07) is 12.1. The number of phenolic OH excluding ortho intramolecular Hbond substituents is 1. The fourth-order valence-electron chi connectivity index (χ4n) is 2.32. The van der Waals surface area contributed by atoms with Crippen LogP contribution in [0.4, 0.5) is 0 Å². The van der Waals surface area contributed by atoms with E-state index in [1.165, 1.54) is 19.1 Å². The Morgan fingerprint density at radius 3 is 2.83 bits per heavy atom. The van der Waals surface area contributed by atoms with E-state index in [1.54, 1.807) is 24.3 Å². The smallest absolute Gasteiger partial charge is 0.160 e. The summed E-state index contributed by atoms with van der Waals surface area (Å²) in [5, 5.41) is 18.7. The molecule has 0 atom stereocenters. The van der Waals surface area contributed by atoms with E-state index >= 15 is 0 Å². The molecule has 0 aromatic heterocycles. The van der Waals surface area contributed by atoms with Crippen LogP contribution in [0.1, 0.15) is 34.0 Å². The van der Waals surface area contributed by atoms with Gasteiger partial charge in [-0.15, -0.1) is 6.58 Å². The Bertz CT molecular complexity index is 788. The van der Waals surface area contributed by atoms with Gasteiger partial charge in [-0.3, -0.25) is 4.79 Å². The molecule has 0 bridgehead atoms. The lowest BCUT2D eigenvalue weighted by Gasteiger charge is -2.14. The number of nitrogens with zero attached hydrogens (tertiary/aromatic N) is 1. The van der Waals surface area contributed by atoms with E-state index < -0.39 is 0 Å². The molecule has 0 amide bonds. The van der Waals surface area contributed by atoms with Crippen molar-refractivity contribution in [1.29, 1.82) is 5.26 Å². The number of hydrogen-bond acceptors (Lipinski definition) is 4. The number of ether oxygens (including phenoxy) is 1. The highest BCUT2D eigenvalue weighted by Crippen LogP contribution is 2.30. The highest BCUT2D eigenvalue weighted by Gasteiger charge is 2.14. The quantitative estimate of drug-likeness (QED) is 0.651. The first kappa shape index (κ1) is 16.3. The number of allylic oxidation sites excluding steroid dienone is 1. The molecule has 4 nitrogen and oxygen atoms in total. The number of benzene rings is 2. The van der Waals surface area contributed by atoms with Gasteiger partial charge in [-0.2, -0.15) is 5.26 Å². The summed E-state index contributed by atoms with van der Waals surface area (Å²) in [6.45, 7) is 5.38. The first-order valence-corrected chi connectivity index (χ1v) is 7.14. The summed E-state index contributed by atoms with van der Waals surface area (Å²) in [4.78, 5) is 11.8. The summed E-state index contributed by atoms with van der Waals surface area (Å²) >= 11 is 0. The molecule has 4 heteroatoms. The summed E-state index contributed by atoms with van der Waals surface area (Å²) in [6.07, 6.45) is 2.14. The van der Waals surface area contributed by atoms with Crippen molar-refractivity contribution in [3.05, 3.63) is 71.3 Å². The molecule has 116 valence electrons. The Labute approximate surface area is 135 Å². The topological polar surface area (TPSA) is 70.3 Å². The average molecular weight is 307 g/mol. The Kier molecular flexibility index (Phi) is 5.16. The minimum absolute atomic E-state index is 0.0243. The number of rotatable bonds is 6. The molecule has 0 aliphatic rings. The van der Waals surface area contributed by atoms with E-state index in [2.05, 4.69) is 12.6 Å². The van der Waals surface area contributed by atoms with Crippen molar-refractivity contribution >= 4 is 5.78 Å². The first-order valence-electron chi connectivity index (χ1n) is 7.14. The first-order chi connectivity index (χ1) is 11.0. The molecule has 0 saturated heterocycles. The van der Waals surface area contributed by atoms with Crippen LogP contribution >= 0.6 is 0 Å². The predicted molar refractivity (Wildman–Crippen MR) is 87.5 cm³/mol. The minimum Gasteiger partial charge on any atom is -0.508 e. The molecule has 0 spiro atoms. The van der Waals surface area contributed by atoms with Gasteiger partial charge < -0.3 is 9.84 Å². The third-order valence-corrected chi connectivity index (χ3v) is 3.37. The molecule has 0 radical (unpaired) electrons. The van der Waals surface area contributed by atoms with Crippen molar-refractivity contribution in [1.82, 2.24) is 0 Å². The van der Waals surface area contributed by atoms with Crippen molar-refractivity contribution in [2.24, 2.45) is 0 Å². The SMILES string of the molecule is C=CCc1c(OCc2cccc(C#N)c2)cc(O)cc1C(C)=O. The number of carbonyl (C=O) groups is 1. The van der Waals surface area contributed by atoms with Gasteiger partial charge in [0, 0.05) is 17.2 Å². The number of phenols is 1. The molecular weight excluding hydrogens is 290 g/mol. The number of nitriles is 1. The van der Waals surface area contributed by atoms with Crippen molar-refractivity contribution in [3.8, 4) is 17.6 Å². The van der Waals surface area contributed by atoms with E-state index in [0.29, 0.717) is 28.9 Å². The number of Topliss-reactive ketones (excluding diaryl/α,β-unsaturated/α-hetero) is 1. The molecule has 1 N–H and O–H groups in total. The lowest BCUT2D eigenvalue weighted by Crippen LogP contribution is -2.04. The number of ketones is 1. The van der Waals surface area contributed by atoms with Crippen LogP contribution in [0.2, 0.25) is 0 Å². The largest absolute Gasteiger partial charge is 0.508 e. The van der Waals surface area contributed by atoms with Crippen molar-refractivity contribution in [3.63, 3.8) is 0 Å². The molecular formula is C19H17NO3. The minimum atomic E-state index is -0.144. The van der Waals surface area contributed by atoms with Crippen LogP contribution in [0.5, 0.6) is 11.5 Å². The maximum Gasteiger partial charge on any atom is 0.160 e. The number of hydrogen-bond donors (Lipinski definition) is 1. The second-order valence-electron chi connectivity index (χ2n) is 5.12. The highest BCUT2D eigenvalue weighted by molar-refractivity contribution is 5.96. The zero-order valence-corrected chi connectivity index (χ0v) is 12.9. The van der Waals surface area contributed by atoms with Crippen LogP contribution in [0.25, 0.3) is 0 Å². The molecule has 2 rings (SSSR count). The van der Waals surface area contributed by atoms with Gasteiger partial charge in [-0.25, -0.2) is 0 Å². The van der Waals surface area contributed by atoms with E-state index in [0.717, 1.165) is 5.56 Å². The molecule has 23 heavy (non-hydrogen) atoms. The third-order valence-electron chi connectivity index (χ3n) is 3.37. The van der Waals surface area contributed by atoms with Gasteiger partial charge in [0.25, 0.3) is 0 Å². The highest BCUT2D eigenvalue weighted by atomic mass is 16.5. The summed E-state index contributed by atoms with van der Waals surface area (Å²) in [5.74, 6) is 0.273. The monoisotopic (exact) mass is 307 g/mol. The average Bonchev–Trinajstić information content (AvgIpc) is 2.54. The Balaban J connectivity index is 2.33. The van der Waals surface area contributed by atoms with Gasteiger partial charge in [0.2, 0.25) is 0 Å². The van der Waals surface area contributed by atoms with Gasteiger partial charge in [0.05, 0.1) is 11.6 Å². The van der Waals surface area contributed by atoms with Crippen LogP contribution in [0.3, 0.4) is 0 Å². The van der Waals surface area contributed by atoms with Gasteiger partial charge in [0.1, 0.15) is 18.1 Å². The summed E-state index contributed by atoms with van der Waals surface area (Å²) in [5.41, 5.74) is 2.51. The van der Waals surface area contributed by atoms with Gasteiger partial charge in [0.15, 0.2) is 5.78 Å². The van der Waals surface area contributed by atoms with Crippen molar-refractivity contribution in [2.75, 3.05) is 0 Å². The lowest BCUT2D eigenvalue weighted by atomic mass is 10.00. The predicted octanol–water partition coefficient (Wildman–Crippen LogP) is 3.77. The zero-order valence-electron chi connectivity index (χ0n) is 12.9. The molecule has 2 aromatic rings. The van der Waals surface area contributed by atoms with Crippen molar-refractivity contribution < 1.29 is 14.6 Å². The van der Waals surface area contributed by atoms with E-state index in [9.17, 15) is 9.90 Å². The Hall–Kier alpha value is -3.06. The fourth-order valence-corrected chi connectivity index (χ4v) is 2.32. The Morgan fingerprint density at radius 1 is 1.39 bits per heavy atom. The normalized spacial score (nSPS) is 9.91. The van der Waals surface area contributed by atoms with Crippen molar-refractivity contribution in [2.45, 2.75) is 20.0 Å². The molecule has 0 saturated carbocycles. The van der Waals surface area contributed by atoms with Gasteiger partial charge in [-0.05, 0) is 37.1 Å². The lowest BCUT2D eigenvalue weighted by molar-refractivity contribution is 0.101. The summed E-state index contributed by atoms with van der Waals surface area (Å²) in [7, 11) is 0. The van der Waals surface area contributed by atoms with Crippen LogP contribution in [0.15, 0.2) is 49.1 Å². The van der Waals surface area contributed by atoms with Crippen LogP contribution in [0, 0.1) is 11.3 Å². The van der Waals surface area contributed by atoms with Gasteiger partial charge >= 0.3 is 0 Å². The van der Waals surface area contributed by atoms with E-state index in [4.69, 9.17) is 10.00 Å². The second-order valence-corrected chi connectivity index (χ2v) is 5.12. The van der Waals surface area contributed by atoms with Crippen LogP contribution in [-0.2, 0) is 13.0 Å². The second kappa shape index (κ2) is 7.28. The number of aromatic hydroxyl groups is 1. The molecule has 0 unspecified atom stereocenters. The maximum absolute atomic E-state index is 11.8. The molecule has 0 fully saturated rings. The van der Waals surface area contributed by atoms with Crippen LogP contribution < -0.4 is 4.74 Å². The van der Waals surface area contributed by atoms with Crippen LogP contribution in [-0.4, -0.2) is 10.9 Å². The summed E-state index contributed by atoms with van der Waals surface area (Å²) < 4.78 is 5.78. The third kappa shape index (κ3) is 3.98.